The van der Waals surface area contributed by atoms with Crippen molar-refractivity contribution in [3.8, 4) is 0 Å². The van der Waals surface area contributed by atoms with E-state index in [9.17, 15) is 18.7 Å². The minimum atomic E-state index is -0.866. The number of rotatable bonds is 7. The molecule has 1 unspecified atom stereocenters. The zero-order valence-corrected chi connectivity index (χ0v) is 15.8. The lowest BCUT2D eigenvalue weighted by atomic mass is 10.1. The van der Waals surface area contributed by atoms with Crippen molar-refractivity contribution >= 4 is 33.1 Å². The Kier molecular flexibility index (Phi) is 6.27. The van der Waals surface area contributed by atoms with Crippen LogP contribution < -0.4 is 10.6 Å². The van der Waals surface area contributed by atoms with Crippen LogP contribution in [0.1, 0.15) is 41.9 Å². The van der Waals surface area contributed by atoms with Gasteiger partial charge < -0.3 is 15.7 Å². The summed E-state index contributed by atoms with van der Waals surface area (Å²) in [5, 5.41) is 16.8. The van der Waals surface area contributed by atoms with Crippen LogP contribution in [0.5, 0.6) is 0 Å². The summed E-state index contributed by atoms with van der Waals surface area (Å²) in [6, 6.07) is 7.90. The van der Waals surface area contributed by atoms with E-state index in [1.54, 1.807) is 6.07 Å². The van der Waals surface area contributed by atoms with Crippen molar-refractivity contribution in [2.45, 2.75) is 25.9 Å². The molecule has 3 N–H and O–H groups in total. The van der Waals surface area contributed by atoms with Gasteiger partial charge in [0.2, 0.25) is 5.95 Å². The molecule has 1 amide bonds. The number of aromatic nitrogens is 2. The van der Waals surface area contributed by atoms with Crippen LogP contribution in [0.15, 0.2) is 42.6 Å². The standard InChI is InChI=1S/C19H18F2N4O2S/c1-2-3-14(26)16-18(25-17(27)11-4-6-12(20)7-5-11)28-19(24-16)23-13-8-9-22-15(21)10-13/h4-10,14,26H,2-3H2,1H3,(H,25,27)(H,22,23,24). The highest BCUT2D eigenvalue weighted by molar-refractivity contribution is 7.19. The SMILES string of the molecule is CCCC(O)c1nc(Nc2ccnc(F)c2)sc1NC(=O)c1ccc(F)cc1. The van der Waals surface area contributed by atoms with Crippen molar-refractivity contribution in [2.75, 3.05) is 10.6 Å². The molecule has 28 heavy (non-hydrogen) atoms. The summed E-state index contributed by atoms with van der Waals surface area (Å²) in [4.78, 5) is 20.3. The molecule has 9 heteroatoms. The molecule has 1 atom stereocenters. The van der Waals surface area contributed by atoms with Crippen molar-refractivity contribution in [2.24, 2.45) is 0 Å². The van der Waals surface area contributed by atoms with Crippen LogP contribution >= 0.6 is 11.3 Å². The van der Waals surface area contributed by atoms with E-state index >= 15 is 0 Å². The molecule has 0 aliphatic carbocycles. The number of aliphatic hydroxyl groups is 1. The first-order chi connectivity index (χ1) is 13.5. The maximum Gasteiger partial charge on any atom is 0.256 e. The number of nitrogens with one attached hydrogen (secondary N) is 2. The summed E-state index contributed by atoms with van der Waals surface area (Å²) < 4.78 is 26.3. The summed E-state index contributed by atoms with van der Waals surface area (Å²) in [5.41, 5.74) is 1.03. The Morgan fingerprint density at radius 2 is 2.00 bits per heavy atom. The number of nitrogens with zero attached hydrogens (tertiary/aromatic N) is 2. The second-order valence-electron chi connectivity index (χ2n) is 5.99. The molecule has 3 aromatic rings. The molecule has 0 fully saturated rings. The normalized spacial score (nSPS) is 11.9. The maximum atomic E-state index is 13.3. The van der Waals surface area contributed by atoms with Crippen molar-refractivity contribution in [1.29, 1.82) is 0 Å². The summed E-state index contributed by atoms with van der Waals surface area (Å²) in [5.74, 6) is -1.53. The van der Waals surface area contributed by atoms with Gasteiger partial charge in [0.15, 0.2) is 5.13 Å². The first-order valence-electron chi connectivity index (χ1n) is 8.60. The second kappa shape index (κ2) is 8.85. The third-order valence-corrected chi connectivity index (χ3v) is 4.74. The van der Waals surface area contributed by atoms with Crippen LogP contribution in [0.4, 0.5) is 24.6 Å². The average Bonchev–Trinajstić information content (AvgIpc) is 3.04. The minimum Gasteiger partial charge on any atom is -0.387 e. The summed E-state index contributed by atoms with van der Waals surface area (Å²) in [6.07, 6.45) is 1.64. The van der Waals surface area contributed by atoms with Crippen molar-refractivity contribution < 1.29 is 18.7 Å². The Balaban J connectivity index is 1.86. The molecule has 0 spiro atoms. The van der Waals surface area contributed by atoms with Gasteiger partial charge >= 0.3 is 0 Å². The van der Waals surface area contributed by atoms with Crippen LogP contribution in [0.3, 0.4) is 0 Å². The highest BCUT2D eigenvalue weighted by atomic mass is 32.1. The largest absolute Gasteiger partial charge is 0.387 e. The number of carbonyl (C=O) groups is 1. The van der Waals surface area contributed by atoms with E-state index in [-0.39, 0.29) is 5.56 Å². The van der Waals surface area contributed by atoms with E-state index in [4.69, 9.17) is 0 Å². The third kappa shape index (κ3) is 4.87. The van der Waals surface area contributed by atoms with Crippen molar-refractivity contribution in [3.05, 3.63) is 65.6 Å². The van der Waals surface area contributed by atoms with Gasteiger partial charge in [0.1, 0.15) is 16.5 Å². The van der Waals surface area contributed by atoms with Crippen LogP contribution in [-0.4, -0.2) is 21.0 Å². The molecular weight excluding hydrogens is 386 g/mol. The van der Waals surface area contributed by atoms with Gasteiger partial charge in [0, 0.05) is 23.5 Å². The first kappa shape index (κ1) is 19.8. The molecule has 3 rings (SSSR count). The fourth-order valence-electron chi connectivity index (χ4n) is 2.49. The topological polar surface area (TPSA) is 87.1 Å². The van der Waals surface area contributed by atoms with Gasteiger partial charge in [-0.1, -0.05) is 24.7 Å². The van der Waals surface area contributed by atoms with E-state index < -0.39 is 23.8 Å². The zero-order valence-electron chi connectivity index (χ0n) is 14.9. The molecule has 146 valence electrons. The molecule has 0 saturated heterocycles. The molecule has 1 aromatic carbocycles. The van der Waals surface area contributed by atoms with Gasteiger partial charge in [-0.2, -0.15) is 4.39 Å². The minimum absolute atomic E-state index is 0.274. The number of amides is 1. The highest BCUT2D eigenvalue weighted by Gasteiger charge is 2.21. The zero-order chi connectivity index (χ0) is 20.1. The Morgan fingerprint density at radius 3 is 2.68 bits per heavy atom. The lowest BCUT2D eigenvalue weighted by Crippen LogP contribution is -2.13. The van der Waals surface area contributed by atoms with Crippen molar-refractivity contribution in [3.63, 3.8) is 0 Å². The highest BCUT2D eigenvalue weighted by Crippen LogP contribution is 2.36. The van der Waals surface area contributed by atoms with Gasteiger partial charge in [0.25, 0.3) is 5.91 Å². The maximum absolute atomic E-state index is 13.3. The molecule has 6 nitrogen and oxygen atoms in total. The molecule has 2 heterocycles. The predicted octanol–water partition coefficient (Wildman–Crippen LogP) is 4.65. The first-order valence-corrected chi connectivity index (χ1v) is 9.42. The van der Waals surface area contributed by atoms with Gasteiger partial charge in [0.05, 0.1) is 6.10 Å². The number of hydrogen-bond acceptors (Lipinski definition) is 6. The predicted molar refractivity (Wildman–Crippen MR) is 104 cm³/mol. The second-order valence-corrected chi connectivity index (χ2v) is 6.99. The van der Waals surface area contributed by atoms with Crippen LogP contribution in [0.2, 0.25) is 0 Å². The molecule has 0 aliphatic rings. The van der Waals surface area contributed by atoms with Gasteiger partial charge in [-0.15, -0.1) is 0 Å². The molecule has 0 aliphatic heterocycles. The quantitative estimate of drug-likeness (QED) is 0.499. The molecule has 0 bridgehead atoms. The van der Waals surface area contributed by atoms with Gasteiger partial charge in [-0.05, 0) is 36.8 Å². The number of carbonyl (C=O) groups excluding carboxylic acids is 1. The molecule has 0 saturated carbocycles. The number of pyridine rings is 1. The Bertz CT molecular complexity index is 963. The lowest BCUT2D eigenvalue weighted by Gasteiger charge is -2.09. The number of hydrogen-bond donors (Lipinski definition) is 3. The van der Waals surface area contributed by atoms with Crippen LogP contribution in [-0.2, 0) is 0 Å². The third-order valence-electron chi connectivity index (χ3n) is 3.84. The fourth-order valence-corrected chi connectivity index (χ4v) is 3.43. The molecule has 2 aromatic heterocycles. The number of aliphatic hydroxyl groups excluding tert-OH is 1. The number of thiazole rings is 1. The smallest absolute Gasteiger partial charge is 0.256 e. The number of anilines is 3. The Hall–Kier alpha value is -2.91. The summed E-state index contributed by atoms with van der Waals surface area (Å²) >= 11 is 1.11. The van der Waals surface area contributed by atoms with Gasteiger partial charge in [-0.3, -0.25) is 4.79 Å². The van der Waals surface area contributed by atoms with E-state index in [0.717, 1.165) is 17.8 Å². The van der Waals surface area contributed by atoms with E-state index in [1.165, 1.54) is 36.5 Å². The van der Waals surface area contributed by atoms with Crippen LogP contribution in [0, 0.1) is 11.8 Å². The molecular formula is C19H18F2N4O2S. The number of benzene rings is 1. The van der Waals surface area contributed by atoms with E-state index in [2.05, 4.69) is 20.6 Å². The fraction of sp³-hybridized carbons (Fsp3) is 0.211. The van der Waals surface area contributed by atoms with Crippen LogP contribution in [0.25, 0.3) is 0 Å². The Labute approximate surface area is 164 Å². The average molecular weight is 404 g/mol. The number of halogens is 2. The molecule has 0 radical (unpaired) electrons. The summed E-state index contributed by atoms with van der Waals surface area (Å²) in [7, 11) is 0. The van der Waals surface area contributed by atoms with E-state index in [0.29, 0.717) is 27.9 Å². The summed E-state index contributed by atoms with van der Waals surface area (Å²) in [6.45, 7) is 1.92. The van der Waals surface area contributed by atoms with Crippen molar-refractivity contribution in [1.82, 2.24) is 9.97 Å². The monoisotopic (exact) mass is 404 g/mol. The Morgan fingerprint density at radius 1 is 1.25 bits per heavy atom. The lowest BCUT2D eigenvalue weighted by molar-refractivity contribution is 0.102. The van der Waals surface area contributed by atoms with E-state index in [1.807, 2.05) is 6.92 Å². The van der Waals surface area contributed by atoms with Gasteiger partial charge in [-0.25, -0.2) is 14.4 Å².